The summed E-state index contributed by atoms with van der Waals surface area (Å²) in [5.74, 6) is 0.0695. The molecular weight excluding hydrogens is 604 g/mol. The number of hydrogen-bond acceptors (Lipinski definition) is 4. The summed E-state index contributed by atoms with van der Waals surface area (Å²) in [6.07, 6.45) is 0. The molecule has 0 aromatic heterocycles. The first-order chi connectivity index (χ1) is 23.7. The fourth-order valence-electron chi connectivity index (χ4n) is 7.27. The van der Waals surface area contributed by atoms with Crippen LogP contribution < -0.4 is 9.47 Å². The molecule has 0 saturated carbocycles. The quantitative estimate of drug-likeness (QED) is 0.104. The molecule has 7 aromatic rings. The fourth-order valence-corrected chi connectivity index (χ4v) is 7.27. The highest BCUT2D eigenvalue weighted by Gasteiger charge is 2.46. The van der Waals surface area contributed by atoms with E-state index in [-0.39, 0.29) is 0 Å². The molecule has 49 heavy (non-hydrogen) atoms. The molecule has 0 atom stereocenters. The van der Waals surface area contributed by atoms with E-state index in [9.17, 15) is 9.59 Å². The van der Waals surface area contributed by atoms with Crippen LogP contribution in [0.4, 0.5) is 0 Å². The molecule has 0 unspecified atom stereocenters. The third-order valence-corrected chi connectivity index (χ3v) is 9.54. The Kier molecular flexibility index (Phi) is 7.04. The van der Waals surface area contributed by atoms with Gasteiger partial charge >= 0.3 is 11.9 Å². The van der Waals surface area contributed by atoms with Crippen LogP contribution in [0.1, 0.15) is 36.1 Å². The monoisotopic (exact) mass is 636 g/mol. The topological polar surface area (TPSA) is 52.6 Å². The average Bonchev–Trinajstić information content (AvgIpc) is 3.42. The van der Waals surface area contributed by atoms with Crippen molar-refractivity contribution >= 4 is 44.3 Å². The van der Waals surface area contributed by atoms with Gasteiger partial charge in [-0.3, -0.25) is 0 Å². The Balaban J connectivity index is 1.38. The van der Waals surface area contributed by atoms with Crippen LogP contribution in [0.25, 0.3) is 43.4 Å². The van der Waals surface area contributed by atoms with Gasteiger partial charge in [-0.2, -0.15) is 0 Å². The molecule has 4 nitrogen and oxygen atoms in total. The summed E-state index contributed by atoms with van der Waals surface area (Å²) < 4.78 is 11.1. The van der Waals surface area contributed by atoms with E-state index in [2.05, 4.69) is 110 Å². The van der Waals surface area contributed by atoms with Crippen molar-refractivity contribution in [3.8, 4) is 22.6 Å². The number of benzene rings is 7. The number of ether oxygens (including phenoxy) is 2. The van der Waals surface area contributed by atoms with Crippen molar-refractivity contribution in [2.24, 2.45) is 0 Å². The van der Waals surface area contributed by atoms with Crippen LogP contribution in [0.5, 0.6) is 11.5 Å². The van der Waals surface area contributed by atoms with Gasteiger partial charge in [0.25, 0.3) is 0 Å². The van der Waals surface area contributed by atoms with Gasteiger partial charge in [-0.25, -0.2) is 9.59 Å². The lowest BCUT2D eigenvalue weighted by molar-refractivity contribution is -0.130. The molecule has 7 aromatic carbocycles. The van der Waals surface area contributed by atoms with Gasteiger partial charge in [0, 0.05) is 11.1 Å². The lowest BCUT2D eigenvalue weighted by Gasteiger charge is -2.34. The standard InChI is InChI=1S/C45H32O4/c1-27(2)43(46)48-36-20-15-30-23-34(18-13-32(30)25-36)45(35-19-14-33-26-37(21-16-31(33)24-35)49-44(47)28(3)4)40-12-8-7-11-39(40)42-38-10-6-5-9-29(38)17-22-41(42)45/h5-26H,1,3H2,2,4H3. The highest BCUT2D eigenvalue weighted by Crippen LogP contribution is 2.58. The van der Waals surface area contributed by atoms with E-state index < -0.39 is 17.4 Å². The van der Waals surface area contributed by atoms with E-state index in [0.29, 0.717) is 22.6 Å². The minimum Gasteiger partial charge on any atom is -0.423 e. The largest absolute Gasteiger partial charge is 0.423 e. The lowest BCUT2D eigenvalue weighted by Crippen LogP contribution is -2.28. The second-order valence-corrected chi connectivity index (χ2v) is 12.8. The van der Waals surface area contributed by atoms with Crippen LogP contribution in [-0.4, -0.2) is 11.9 Å². The summed E-state index contributed by atoms with van der Waals surface area (Å²) in [4.78, 5) is 24.5. The molecule has 0 radical (unpaired) electrons. The molecule has 0 bridgehead atoms. The Bertz CT molecular complexity index is 2440. The Morgan fingerprint density at radius 2 is 1.00 bits per heavy atom. The summed E-state index contributed by atoms with van der Waals surface area (Å²) >= 11 is 0. The minimum atomic E-state index is -0.644. The van der Waals surface area contributed by atoms with Gasteiger partial charge in [0.15, 0.2) is 0 Å². The molecule has 8 rings (SSSR count). The third kappa shape index (κ3) is 4.84. The van der Waals surface area contributed by atoms with E-state index in [1.165, 1.54) is 33.0 Å². The highest BCUT2D eigenvalue weighted by molar-refractivity contribution is 6.04. The number of hydrogen-bond donors (Lipinski definition) is 0. The van der Waals surface area contributed by atoms with Crippen molar-refractivity contribution in [1.29, 1.82) is 0 Å². The van der Waals surface area contributed by atoms with E-state index in [4.69, 9.17) is 9.47 Å². The SMILES string of the molecule is C=C(C)C(=O)Oc1ccc2cc(C3(c4ccc5cc(OC(=O)C(=C)C)ccc5c4)c4ccccc4-c4c3ccc3ccccc43)ccc2c1. The Morgan fingerprint density at radius 1 is 0.510 bits per heavy atom. The molecule has 4 heteroatoms. The van der Waals surface area contributed by atoms with Crippen LogP contribution in [0.3, 0.4) is 0 Å². The van der Waals surface area contributed by atoms with Gasteiger partial charge < -0.3 is 9.47 Å². The summed E-state index contributed by atoms with van der Waals surface area (Å²) in [5, 5.41) is 6.39. The third-order valence-electron chi connectivity index (χ3n) is 9.54. The Hall–Kier alpha value is -6.26. The van der Waals surface area contributed by atoms with Gasteiger partial charge in [0.2, 0.25) is 0 Å². The molecular formula is C45H32O4. The molecule has 236 valence electrons. The number of esters is 2. The molecule has 0 heterocycles. The molecule has 0 fully saturated rings. The second kappa shape index (κ2) is 11.5. The zero-order valence-electron chi connectivity index (χ0n) is 27.2. The van der Waals surface area contributed by atoms with Gasteiger partial charge in [-0.1, -0.05) is 110 Å². The van der Waals surface area contributed by atoms with E-state index in [0.717, 1.165) is 32.7 Å². The zero-order valence-corrected chi connectivity index (χ0v) is 27.2. The smallest absolute Gasteiger partial charge is 0.338 e. The lowest BCUT2D eigenvalue weighted by atomic mass is 9.67. The summed E-state index contributed by atoms with van der Waals surface area (Å²) in [7, 11) is 0. The first kappa shape index (κ1) is 30.1. The van der Waals surface area contributed by atoms with Crippen molar-refractivity contribution in [1.82, 2.24) is 0 Å². The maximum absolute atomic E-state index is 12.2. The number of fused-ring (bicyclic) bond motifs is 7. The Morgan fingerprint density at radius 3 is 1.59 bits per heavy atom. The number of rotatable bonds is 6. The molecule has 0 spiro atoms. The number of carbonyl (C=O) groups is 2. The van der Waals surface area contributed by atoms with Crippen LogP contribution in [-0.2, 0) is 15.0 Å². The van der Waals surface area contributed by atoms with Crippen molar-refractivity contribution in [2.45, 2.75) is 19.3 Å². The van der Waals surface area contributed by atoms with E-state index in [1.54, 1.807) is 13.8 Å². The highest BCUT2D eigenvalue weighted by atomic mass is 16.5. The molecule has 1 aliphatic carbocycles. The molecule has 0 aliphatic heterocycles. The molecule has 0 saturated heterocycles. The normalized spacial score (nSPS) is 12.8. The van der Waals surface area contributed by atoms with Gasteiger partial charge in [0.1, 0.15) is 11.5 Å². The molecule has 1 aliphatic rings. The van der Waals surface area contributed by atoms with Crippen LogP contribution in [0.15, 0.2) is 158 Å². The molecule has 0 N–H and O–H groups in total. The first-order valence-corrected chi connectivity index (χ1v) is 16.2. The van der Waals surface area contributed by atoms with Gasteiger partial charge in [-0.15, -0.1) is 0 Å². The van der Waals surface area contributed by atoms with Crippen LogP contribution in [0, 0.1) is 0 Å². The van der Waals surface area contributed by atoms with Crippen molar-refractivity contribution < 1.29 is 19.1 Å². The van der Waals surface area contributed by atoms with Crippen molar-refractivity contribution in [3.05, 3.63) is 180 Å². The summed E-state index contributed by atoms with van der Waals surface area (Å²) in [6.45, 7) is 10.7. The molecule has 0 amide bonds. The maximum Gasteiger partial charge on any atom is 0.338 e. The van der Waals surface area contributed by atoms with Gasteiger partial charge in [0.05, 0.1) is 5.41 Å². The zero-order chi connectivity index (χ0) is 33.9. The summed E-state index contributed by atoms with van der Waals surface area (Å²) in [5.41, 5.74) is 7.17. The van der Waals surface area contributed by atoms with E-state index in [1.807, 2.05) is 36.4 Å². The van der Waals surface area contributed by atoms with Crippen molar-refractivity contribution in [3.63, 3.8) is 0 Å². The van der Waals surface area contributed by atoms with Crippen molar-refractivity contribution in [2.75, 3.05) is 0 Å². The number of carbonyl (C=O) groups excluding carboxylic acids is 2. The summed E-state index contributed by atoms with van der Waals surface area (Å²) in [6, 6.07) is 46.4. The maximum atomic E-state index is 12.2. The predicted octanol–water partition coefficient (Wildman–Crippen LogP) is 10.5. The minimum absolute atomic E-state index is 0.350. The fraction of sp³-hybridized carbons (Fsp3) is 0.0667. The predicted molar refractivity (Wildman–Crippen MR) is 197 cm³/mol. The van der Waals surface area contributed by atoms with Crippen LogP contribution >= 0.6 is 0 Å². The van der Waals surface area contributed by atoms with E-state index >= 15 is 0 Å². The van der Waals surface area contributed by atoms with Crippen LogP contribution in [0.2, 0.25) is 0 Å². The first-order valence-electron chi connectivity index (χ1n) is 16.2. The van der Waals surface area contributed by atoms with Gasteiger partial charge in [-0.05, 0) is 116 Å². The average molecular weight is 637 g/mol. The Labute approximate surface area is 284 Å². The second-order valence-electron chi connectivity index (χ2n) is 12.8.